The van der Waals surface area contributed by atoms with E-state index in [1.165, 1.54) is 4.31 Å². The number of aryl methyl sites for hydroxylation is 1. The molecule has 2 unspecified atom stereocenters. The van der Waals surface area contributed by atoms with Crippen molar-refractivity contribution in [1.82, 2.24) is 9.62 Å². The number of hydrogen-bond acceptors (Lipinski definition) is 5. The third-order valence-electron chi connectivity index (χ3n) is 6.12. The second-order valence-electron chi connectivity index (χ2n) is 8.80. The minimum absolute atomic E-state index is 0.107. The summed E-state index contributed by atoms with van der Waals surface area (Å²) in [7, 11) is -3.47. The summed E-state index contributed by atoms with van der Waals surface area (Å²) < 4.78 is 32.3. The van der Waals surface area contributed by atoms with Gasteiger partial charge in [0.05, 0.1) is 4.90 Å². The standard InChI is InChI=1S/C26H34N2O5S/c1-20(23-9-5-3-6-10-23)19-27-26(30)21(2)33-25(29)16-13-22-11-14-24(15-12-22)34(31,32)28-17-7-4-8-18-28/h3,5-6,9-12,14-15,20-21H,4,7-8,13,16-19H2,1-2H3,(H,27,30). The van der Waals surface area contributed by atoms with Crippen molar-refractivity contribution < 1.29 is 22.7 Å². The lowest BCUT2D eigenvalue weighted by atomic mass is 10.0. The molecule has 34 heavy (non-hydrogen) atoms. The van der Waals surface area contributed by atoms with E-state index in [4.69, 9.17) is 4.74 Å². The lowest BCUT2D eigenvalue weighted by Crippen LogP contribution is -2.37. The van der Waals surface area contributed by atoms with E-state index in [0.29, 0.717) is 26.1 Å². The molecule has 1 aliphatic heterocycles. The van der Waals surface area contributed by atoms with Crippen LogP contribution >= 0.6 is 0 Å². The Morgan fingerprint density at radius 1 is 0.971 bits per heavy atom. The molecule has 7 nitrogen and oxygen atoms in total. The van der Waals surface area contributed by atoms with Crippen molar-refractivity contribution in [3.8, 4) is 0 Å². The highest BCUT2D eigenvalue weighted by atomic mass is 32.2. The van der Waals surface area contributed by atoms with Crippen LogP contribution in [-0.4, -0.2) is 50.3 Å². The maximum absolute atomic E-state index is 12.7. The zero-order valence-electron chi connectivity index (χ0n) is 19.9. The topological polar surface area (TPSA) is 92.8 Å². The summed E-state index contributed by atoms with van der Waals surface area (Å²) in [6, 6.07) is 16.5. The molecular formula is C26H34N2O5S. The van der Waals surface area contributed by atoms with Gasteiger partial charge in [0.2, 0.25) is 10.0 Å². The van der Waals surface area contributed by atoms with Crippen molar-refractivity contribution in [2.45, 2.75) is 62.9 Å². The summed E-state index contributed by atoms with van der Waals surface area (Å²) in [5.41, 5.74) is 1.96. The molecule has 8 heteroatoms. The molecule has 2 aromatic carbocycles. The first-order valence-corrected chi connectivity index (χ1v) is 13.3. The van der Waals surface area contributed by atoms with Crippen LogP contribution in [0.3, 0.4) is 0 Å². The fraction of sp³-hybridized carbons (Fsp3) is 0.462. The molecule has 0 radical (unpaired) electrons. The number of carbonyl (C=O) groups is 2. The first-order chi connectivity index (χ1) is 16.3. The molecule has 0 saturated carbocycles. The molecule has 2 atom stereocenters. The van der Waals surface area contributed by atoms with E-state index >= 15 is 0 Å². The molecule has 1 fully saturated rings. The van der Waals surface area contributed by atoms with Crippen LogP contribution in [0.4, 0.5) is 0 Å². The van der Waals surface area contributed by atoms with Crippen LogP contribution in [0.2, 0.25) is 0 Å². The van der Waals surface area contributed by atoms with Crippen molar-refractivity contribution in [1.29, 1.82) is 0 Å². The Kier molecular flexibility index (Phi) is 9.24. The molecule has 184 valence electrons. The second-order valence-corrected chi connectivity index (χ2v) is 10.7. The number of carbonyl (C=O) groups excluding carboxylic acids is 2. The molecule has 1 amide bonds. The number of nitrogens with one attached hydrogen (secondary N) is 1. The van der Waals surface area contributed by atoms with Gasteiger partial charge in [0.25, 0.3) is 5.91 Å². The highest BCUT2D eigenvalue weighted by Gasteiger charge is 2.25. The molecule has 1 heterocycles. The summed E-state index contributed by atoms with van der Waals surface area (Å²) in [6.45, 7) is 5.16. The summed E-state index contributed by atoms with van der Waals surface area (Å²) in [6.07, 6.45) is 2.48. The average Bonchev–Trinajstić information content (AvgIpc) is 2.87. The number of piperidine rings is 1. The fourth-order valence-corrected chi connectivity index (χ4v) is 5.45. The molecule has 1 N–H and O–H groups in total. The zero-order chi connectivity index (χ0) is 24.6. The van der Waals surface area contributed by atoms with Crippen molar-refractivity contribution in [3.05, 3.63) is 65.7 Å². The predicted molar refractivity (Wildman–Crippen MR) is 131 cm³/mol. The largest absolute Gasteiger partial charge is 0.453 e. The SMILES string of the molecule is CC(OC(=O)CCc1ccc(S(=O)(=O)N2CCCCC2)cc1)C(=O)NCC(C)c1ccccc1. The van der Waals surface area contributed by atoms with Crippen LogP contribution in [0.1, 0.15) is 56.6 Å². The monoisotopic (exact) mass is 486 g/mol. The van der Waals surface area contributed by atoms with E-state index in [9.17, 15) is 18.0 Å². The van der Waals surface area contributed by atoms with Gasteiger partial charge in [-0.1, -0.05) is 55.8 Å². The van der Waals surface area contributed by atoms with Gasteiger partial charge >= 0.3 is 5.97 Å². The van der Waals surface area contributed by atoms with E-state index in [1.807, 2.05) is 37.3 Å². The van der Waals surface area contributed by atoms with E-state index in [-0.39, 0.29) is 23.1 Å². The van der Waals surface area contributed by atoms with Gasteiger partial charge in [0.1, 0.15) is 0 Å². The van der Waals surface area contributed by atoms with Crippen LogP contribution in [0.15, 0.2) is 59.5 Å². The lowest BCUT2D eigenvalue weighted by molar-refractivity contribution is -0.154. The van der Waals surface area contributed by atoms with Crippen molar-refractivity contribution in [2.24, 2.45) is 0 Å². The number of sulfonamides is 1. The molecule has 2 aromatic rings. The molecule has 3 rings (SSSR count). The van der Waals surface area contributed by atoms with Gasteiger partial charge in [0.15, 0.2) is 6.10 Å². The van der Waals surface area contributed by atoms with Gasteiger partial charge in [-0.25, -0.2) is 8.42 Å². The highest BCUT2D eigenvalue weighted by Crippen LogP contribution is 2.21. The quantitative estimate of drug-likeness (QED) is 0.518. The van der Waals surface area contributed by atoms with Crippen LogP contribution < -0.4 is 5.32 Å². The number of hydrogen-bond donors (Lipinski definition) is 1. The Bertz CT molecular complexity index is 1050. The molecule has 0 spiro atoms. The third kappa shape index (κ3) is 7.14. The Labute approximate surface area is 202 Å². The molecule has 0 aliphatic carbocycles. The van der Waals surface area contributed by atoms with Gasteiger partial charge in [-0.2, -0.15) is 4.31 Å². The fourth-order valence-electron chi connectivity index (χ4n) is 3.94. The molecule has 1 saturated heterocycles. The van der Waals surface area contributed by atoms with Crippen LogP contribution in [-0.2, 0) is 30.8 Å². The number of nitrogens with zero attached hydrogens (tertiary/aromatic N) is 1. The predicted octanol–water partition coefficient (Wildman–Crippen LogP) is 3.65. The Morgan fingerprint density at radius 3 is 2.26 bits per heavy atom. The van der Waals surface area contributed by atoms with E-state index in [2.05, 4.69) is 5.32 Å². The molecule has 0 aromatic heterocycles. The Hall–Kier alpha value is -2.71. The Balaban J connectivity index is 1.42. The van der Waals surface area contributed by atoms with Crippen LogP contribution in [0, 0.1) is 0 Å². The summed E-state index contributed by atoms with van der Waals surface area (Å²) in [4.78, 5) is 24.8. The van der Waals surface area contributed by atoms with Crippen LogP contribution in [0.25, 0.3) is 0 Å². The summed E-state index contributed by atoms with van der Waals surface area (Å²) >= 11 is 0. The summed E-state index contributed by atoms with van der Waals surface area (Å²) in [5.74, 6) is -0.651. The van der Waals surface area contributed by atoms with Gasteiger partial charge in [-0.15, -0.1) is 0 Å². The van der Waals surface area contributed by atoms with Gasteiger partial charge in [-0.3, -0.25) is 9.59 Å². The summed E-state index contributed by atoms with van der Waals surface area (Å²) in [5, 5.41) is 2.83. The lowest BCUT2D eigenvalue weighted by Gasteiger charge is -2.25. The molecule has 1 aliphatic rings. The van der Waals surface area contributed by atoms with Gasteiger partial charge in [0, 0.05) is 26.1 Å². The number of esters is 1. The molecule has 0 bridgehead atoms. The average molecular weight is 487 g/mol. The number of rotatable bonds is 10. The normalized spacial score (nSPS) is 16.4. The third-order valence-corrected chi connectivity index (χ3v) is 8.04. The zero-order valence-corrected chi connectivity index (χ0v) is 20.7. The highest BCUT2D eigenvalue weighted by molar-refractivity contribution is 7.89. The Morgan fingerprint density at radius 2 is 1.62 bits per heavy atom. The minimum atomic E-state index is -3.47. The second kappa shape index (κ2) is 12.1. The number of amides is 1. The van der Waals surface area contributed by atoms with Crippen molar-refractivity contribution >= 4 is 21.9 Å². The first kappa shape index (κ1) is 25.9. The van der Waals surface area contributed by atoms with Crippen molar-refractivity contribution in [2.75, 3.05) is 19.6 Å². The minimum Gasteiger partial charge on any atom is -0.453 e. The van der Waals surface area contributed by atoms with E-state index < -0.39 is 22.1 Å². The van der Waals surface area contributed by atoms with E-state index in [0.717, 1.165) is 30.4 Å². The smallest absolute Gasteiger partial charge is 0.306 e. The first-order valence-electron chi connectivity index (χ1n) is 11.9. The maximum Gasteiger partial charge on any atom is 0.306 e. The maximum atomic E-state index is 12.7. The van der Waals surface area contributed by atoms with E-state index in [1.54, 1.807) is 31.2 Å². The number of benzene rings is 2. The van der Waals surface area contributed by atoms with Crippen molar-refractivity contribution in [3.63, 3.8) is 0 Å². The molecular weight excluding hydrogens is 452 g/mol. The number of ether oxygens (including phenoxy) is 1. The van der Waals surface area contributed by atoms with Gasteiger partial charge in [-0.05, 0) is 55.4 Å². The van der Waals surface area contributed by atoms with Gasteiger partial charge < -0.3 is 10.1 Å². The van der Waals surface area contributed by atoms with Crippen LogP contribution in [0.5, 0.6) is 0 Å².